The lowest BCUT2D eigenvalue weighted by atomic mass is 10.2. The van der Waals surface area contributed by atoms with Gasteiger partial charge in [0.2, 0.25) is 0 Å². The predicted molar refractivity (Wildman–Crippen MR) is 97.3 cm³/mol. The minimum absolute atomic E-state index is 0.0430. The van der Waals surface area contributed by atoms with Crippen LogP contribution in [0.2, 0.25) is 0 Å². The summed E-state index contributed by atoms with van der Waals surface area (Å²) < 4.78 is 7.54. The van der Waals surface area contributed by atoms with Gasteiger partial charge in [0.05, 0.1) is 18.5 Å². The monoisotopic (exact) mass is 342 g/mol. The third kappa shape index (κ3) is 3.85. The molecular formula is C19H26N4O2. The second-order valence-electron chi connectivity index (χ2n) is 6.32. The number of benzene rings is 1. The number of carbonyl (C=O) groups is 1. The van der Waals surface area contributed by atoms with Gasteiger partial charge in [0.25, 0.3) is 5.91 Å². The topological polar surface area (TPSA) is 59.4 Å². The van der Waals surface area contributed by atoms with Crippen LogP contribution in [0.25, 0.3) is 5.69 Å². The molecule has 6 nitrogen and oxygen atoms in total. The van der Waals surface area contributed by atoms with E-state index in [2.05, 4.69) is 10.4 Å². The first-order valence-corrected chi connectivity index (χ1v) is 8.98. The first-order chi connectivity index (χ1) is 12.2. The second kappa shape index (κ2) is 8.16. The number of ether oxygens (including phenoxy) is 1. The van der Waals surface area contributed by atoms with E-state index in [9.17, 15) is 4.79 Å². The molecule has 1 saturated heterocycles. The number of carbonyl (C=O) groups excluding carboxylic acids is 1. The number of rotatable bonds is 7. The van der Waals surface area contributed by atoms with Crippen LogP contribution in [0.3, 0.4) is 0 Å². The molecule has 0 bridgehead atoms. The van der Waals surface area contributed by atoms with Crippen LogP contribution in [0, 0.1) is 0 Å². The number of aromatic nitrogens is 2. The molecule has 1 unspecified atom stereocenters. The summed E-state index contributed by atoms with van der Waals surface area (Å²) in [5.74, 6) is 0.518. The van der Waals surface area contributed by atoms with Gasteiger partial charge in [-0.1, -0.05) is 25.1 Å². The van der Waals surface area contributed by atoms with Crippen molar-refractivity contribution in [3.63, 3.8) is 0 Å². The van der Waals surface area contributed by atoms with Crippen molar-refractivity contribution in [1.29, 1.82) is 0 Å². The van der Waals surface area contributed by atoms with Gasteiger partial charge in [-0.05, 0) is 38.4 Å². The van der Waals surface area contributed by atoms with Gasteiger partial charge in [0.1, 0.15) is 0 Å². The summed E-state index contributed by atoms with van der Waals surface area (Å²) in [5, 5.41) is 7.73. The van der Waals surface area contributed by atoms with Gasteiger partial charge in [-0.3, -0.25) is 4.79 Å². The SMILES string of the molecule is CCCOc1cn(-c2ccccc2)nc1C(=O)N1CCCC1CNC. The minimum Gasteiger partial charge on any atom is -0.489 e. The molecule has 1 aromatic heterocycles. The molecule has 0 saturated carbocycles. The van der Waals surface area contributed by atoms with Crippen LogP contribution in [-0.4, -0.2) is 53.4 Å². The van der Waals surface area contributed by atoms with Crippen molar-refractivity contribution < 1.29 is 9.53 Å². The third-order valence-electron chi connectivity index (χ3n) is 4.44. The molecule has 6 heteroatoms. The fourth-order valence-corrected chi connectivity index (χ4v) is 3.22. The number of likely N-dealkylation sites (N-methyl/N-ethyl adjacent to an activating group) is 1. The number of para-hydroxylation sites is 1. The predicted octanol–water partition coefficient (Wildman–Crippen LogP) is 2.49. The van der Waals surface area contributed by atoms with Crippen molar-refractivity contribution in [2.45, 2.75) is 32.2 Å². The van der Waals surface area contributed by atoms with Crippen molar-refractivity contribution in [2.24, 2.45) is 0 Å². The largest absolute Gasteiger partial charge is 0.489 e. The van der Waals surface area contributed by atoms with Gasteiger partial charge >= 0.3 is 0 Å². The molecular weight excluding hydrogens is 316 g/mol. The molecule has 0 radical (unpaired) electrons. The van der Waals surface area contributed by atoms with Crippen LogP contribution in [0.4, 0.5) is 0 Å². The van der Waals surface area contributed by atoms with E-state index < -0.39 is 0 Å². The average Bonchev–Trinajstić information content (AvgIpc) is 3.27. The molecule has 1 amide bonds. The smallest absolute Gasteiger partial charge is 0.278 e. The maximum absolute atomic E-state index is 13.1. The molecule has 2 aromatic rings. The Kier molecular flexibility index (Phi) is 5.71. The molecule has 1 N–H and O–H groups in total. The molecule has 1 aromatic carbocycles. The van der Waals surface area contributed by atoms with Crippen LogP contribution < -0.4 is 10.1 Å². The zero-order valence-electron chi connectivity index (χ0n) is 14.9. The lowest BCUT2D eigenvalue weighted by Crippen LogP contribution is -2.41. The van der Waals surface area contributed by atoms with Crippen molar-refractivity contribution in [1.82, 2.24) is 20.0 Å². The lowest BCUT2D eigenvalue weighted by molar-refractivity contribution is 0.0726. The number of amides is 1. The second-order valence-corrected chi connectivity index (χ2v) is 6.32. The molecule has 0 aliphatic carbocycles. The van der Waals surface area contributed by atoms with E-state index in [4.69, 9.17) is 4.74 Å². The van der Waals surface area contributed by atoms with Crippen LogP contribution >= 0.6 is 0 Å². The number of nitrogens with one attached hydrogen (secondary N) is 1. The average molecular weight is 342 g/mol. The number of likely N-dealkylation sites (tertiary alicyclic amines) is 1. The summed E-state index contributed by atoms with van der Waals surface area (Å²) in [6.45, 7) is 4.19. The van der Waals surface area contributed by atoms with Gasteiger partial charge in [0, 0.05) is 19.1 Å². The number of nitrogens with zero attached hydrogens (tertiary/aromatic N) is 3. The highest BCUT2D eigenvalue weighted by atomic mass is 16.5. The Morgan fingerprint density at radius 2 is 2.16 bits per heavy atom. The van der Waals surface area contributed by atoms with Crippen LogP contribution in [0.15, 0.2) is 36.5 Å². The van der Waals surface area contributed by atoms with E-state index in [-0.39, 0.29) is 11.9 Å². The Bertz CT molecular complexity index is 699. The molecule has 1 aliphatic heterocycles. The first-order valence-electron chi connectivity index (χ1n) is 8.98. The van der Waals surface area contributed by atoms with Crippen molar-refractivity contribution in [3.8, 4) is 11.4 Å². The van der Waals surface area contributed by atoms with E-state index in [1.807, 2.05) is 49.2 Å². The number of hydrogen-bond donors (Lipinski definition) is 1. The van der Waals surface area contributed by atoms with E-state index in [1.165, 1.54) is 0 Å². The Morgan fingerprint density at radius 3 is 2.88 bits per heavy atom. The van der Waals surface area contributed by atoms with E-state index in [1.54, 1.807) is 10.9 Å². The van der Waals surface area contributed by atoms with Crippen LogP contribution in [-0.2, 0) is 0 Å². The highest BCUT2D eigenvalue weighted by molar-refractivity contribution is 5.95. The normalized spacial score (nSPS) is 17.0. The summed E-state index contributed by atoms with van der Waals surface area (Å²) in [6, 6.07) is 10.0. The Hall–Kier alpha value is -2.34. The molecule has 2 heterocycles. The molecule has 1 atom stereocenters. The summed E-state index contributed by atoms with van der Waals surface area (Å²) in [7, 11) is 1.92. The molecule has 1 aliphatic rings. The summed E-state index contributed by atoms with van der Waals surface area (Å²) in [6.07, 6.45) is 4.75. The molecule has 1 fully saturated rings. The zero-order chi connectivity index (χ0) is 17.6. The van der Waals surface area contributed by atoms with Crippen molar-refractivity contribution >= 4 is 5.91 Å². The quantitative estimate of drug-likeness (QED) is 0.840. The highest BCUT2D eigenvalue weighted by Crippen LogP contribution is 2.25. The lowest BCUT2D eigenvalue weighted by Gasteiger charge is -2.24. The molecule has 25 heavy (non-hydrogen) atoms. The molecule has 0 spiro atoms. The molecule has 134 valence electrons. The summed E-state index contributed by atoms with van der Waals surface area (Å²) >= 11 is 0. The van der Waals surface area contributed by atoms with Gasteiger partial charge in [-0.25, -0.2) is 4.68 Å². The standard InChI is InChI=1S/C19H26N4O2/c1-3-12-25-17-14-23(15-8-5-4-6-9-15)21-18(17)19(24)22-11-7-10-16(22)13-20-2/h4-6,8-9,14,16,20H,3,7,10-13H2,1-2H3. The Balaban J connectivity index is 1.90. The Labute approximate surface area is 148 Å². The summed E-state index contributed by atoms with van der Waals surface area (Å²) in [5.41, 5.74) is 1.32. The van der Waals surface area contributed by atoms with Crippen LogP contribution in [0.1, 0.15) is 36.7 Å². The van der Waals surface area contributed by atoms with Gasteiger partial charge in [0.15, 0.2) is 11.4 Å². The molecule has 3 rings (SSSR count). The summed E-state index contributed by atoms with van der Waals surface area (Å²) in [4.78, 5) is 15.0. The van der Waals surface area contributed by atoms with Gasteiger partial charge in [-0.2, -0.15) is 5.10 Å². The fourth-order valence-electron chi connectivity index (χ4n) is 3.22. The zero-order valence-corrected chi connectivity index (χ0v) is 14.9. The van der Waals surface area contributed by atoms with Gasteiger partial charge < -0.3 is 15.0 Å². The number of hydrogen-bond acceptors (Lipinski definition) is 4. The van der Waals surface area contributed by atoms with Gasteiger partial charge in [-0.15, -0.1) is 0 Å². The van der Waals surface area contributed by atoms with Crippen LogP contribution in [0.5, 0.6) is 5.75 Å². The van der Waals surface area contributed by atoms with Crippen molar-refractivity contribution in [3.05, 3.63) is 42.2 Å². The maximum Gasteiger partial charge on any atom is 0.278 e. The maximum atomic E-state index is 13.1. The minimum atomic E-state index is -0.0430. The Morgan fingerprint density at radius 1 is 1.36 bits per heavy atom. The van der Waals surface area contributed by atoms with Crippen molar-refractivity contribution in [2.75, 3.05) is 26.7 Å². The third-order valence-corrected chi connectivity index (χ3v) is 4.44. The highest BCUT2D eigenvalue weighted by Gasteiger charge is 2.32. The fraction of sp³-hybridized carbons (Fsp3) is 0.474. The van der Waals surface area contributed by atoms with E-state index >= 15 is 0 Å². The first kappa shape index (κ1) is 17.5. The van der Waals surface area contributed by atoms with E-state index in [0.29, 0.717) is 18.1 Å². The van der Waals surface area contributed by atoms with E-state index in [0.717, 1.165) is 38.0 Å².